The highest BCUT2D eigenvalue weighted by molar-refractivity contribution is 6.21. The van der Waals surface area contributed by atoms with E-state index in [4.69, 9.17) is 11.6 Å². The fourth-order valence-electron chi connectivity index (χ4n) is 5.10. The van der Waals surface area contributed by atoms with Gasteiger partial charge in [0.2, 0.25) is 0 Å². The van der Waals surface area contributed by atoms with Crippen molar-refractivity contribution in [1.29, 1.82) is 0 Å². The van der Waals surface area contributed by atoms with Gasteiger partial charge in [-0.25, -0.2) is 15.0 Å². The number of nitrogens with one attached hydrogen (secondary N) is 1. The molecule has 2 N–H and O–H groups in total. The third-order valence-corrected chi connectivity index (χ3v) is 7.11. The molecule has 2 aliphatic carbocycles. The topological polar surface area (TPSA) is 79.1 Å². The maximum atomic E-state index is 9.80. The molecule has 2 aliphatic rings. The molecule has 2 aromatic heterocycles. The first-order valence-electron chi connectivity index (χ1n) is 10.1. The molecule has 8 heteroatoms. The van der Waals surface area contributed by atoms with Crippen molar-refractivity contribution in [3.8, 4) is 0 Å². The second-order valence-corrected chi connectivity index (χ2v) is 8.29. The van der Waals surface area contributed by atoms with Crippen LogP contribution < -0.4 is 5.32 Å². The molecule has 4 rings (SSSR count). The number of likely N-dealkylation sites (N-methyl/N-ethyl adjacent to an activating group) is 1. The molecule has 5 atom stereocenters. The Morgan fingerprint density at radius 1 is 1.22 bits per heavy atom. The van der Waals surface area contributed by atoms with E-state index in [0.717, 1.165) is 56.0 Å². The molecule has 2 aromatic rings. The molecule has 0 amide bonds. The highest BCUT2D eigenvalue weighted by Gasteiger charge is 2.53. The van der Waals surface area contributed by atoms with Gasteiger partial charge in [-0.1, -0.05) is 13.8 Å². The Morgan fingerprint density at radius 3 is 2.74 bits per heavy atom. The number of halogens is 1. The summed E-state index contributed by atoms with van der Waals surface area (Å²) in [5.41, 5.74) is 1.69. The standard InChI is InChI=1S/C19H29ClN6O/c1-3-25(4-2)6-5-21-18-17-19(23-10-22-18)26(11-24-17)16-8-12-14(9-27)13(16)7-15(12)20/h10-16,27H,3-9H2,1-2H3,(H,21,22,23)/t12-,13-,14-,15-,16-/m0/s1. The lowest BCUT2D eigenvalue weighted by molar-refractivity contribution is 0.185. The highest BCUT2D eigenvalue weighted by Crippen LogP contribution is 2.56. The fourth-order valence-corrected chi connectivity index (χ4v) is 5.60. The van der Waals surface area contributed by atoms with Crippen molar-refractivity contribution in [3.05, 3.63) is 12.7 Å². The van der Waals surface area contributed by atoms with Gasteiger partial charge in [-0.05, 0) is 43.7 Å². The second kappa shape index (κ2) is 7.89. The summed E-state index contributed by atoms with van der Waals surface area (Å²) in [5.74, 6) is 1.87. The van der Waals surface area contributed by atoms with Crippen molar-refractivity contribution in [2.75, 3.05) is 38.1 Å². The molecular formula is C19H29ClN6O. The van der Waals surface area contributed by atoms with Gasteiger partial charge in [0, 0.05) is 31.1 Å². The van der Waals surface area contributed by atoms with Crippen LogP contribution in [0.4, 0.5) is 5.82 Å². The zero-order chi connectivity index (χ0) is 19.0. The number of nitrogens with zero attached hydrogens (tertiary/aromatic N) is 5. The zero-order valence-corrected chi connectivity index (χ0v) is 16.8. The molecule has 148 valence electrons. The molecule has 2 saturated carbocycles. The van der Waals surface area contributed by atoms with E-state index in [-0.39, 0.29) is 12.0 Å². The van der Waals surface area contributed by atoms with Crippen LogP contribution in [0.1, 0.15) is 32.7 Å². The van der Waals surface area contributed by atoms with Gasteiger partial charge in [-0.2, -0.15) is 0 Å². The van der Waals surface area contributed by atoms with Crippen LogP contribution in [-0.2, 0) is 0 Å². The lowest BCUT2D eigenvalue weighted by Gasteiger charge is -2.26. The number of aromatic nitrogens is 4. The molecular weight excluding hydrogens is 364 g/mol. The van der Waals surface area contributed by atoms with Crippen molar-refractivity contribution in [2.24, 2.45) is 17.8 Å². The van der Waals surface area contributed by atoms with Crippen LogP contribution >= 0.6 is 11.6 Å². The molecule has 2 heterocycles. The summed E-state index contributed by atoms with van der Waals surface area (Å²) in [7, 11) is 0. The molecule has 7 nitrogen and oxygen atoms in total. The monoisotopic (exact) mass is 392 g/mol. The summed E-state index contributed by atoms with van der Waals surface area (Å²) in [6.07, 6.45) is 5.45. The van der Waals surface area contributed by atoms with Crippen LogP contribution in [0.15, 0.2) is 12.7 Å². The Labute approximate surface area is 165 Å². The molecule has 0 aromatic carbocycles. The van der Waals surface area contributed by atoms with Gasteiger partial charge in [0.05, 0.1) is 6.33 Å². The summed E-state index contributed by atoms with van der Waals surface area (Å²) in [6, 6.07) is 0.311. The number of anilines is 1. The van der Waals surface area contributed by atoms with Gasteiger partial charge in [0.25, 0.3) is 0 Å². The van der Waals surface area contributed by atoms with Gasteiger partial charge in [0.1, 0.15) is 11.8 Å². The summed E-state index contributed by atoms with van der Waals surface area (Å²) in [4.78, 5) is 15.9. The van der Waals surface area contributed by atoms with Gasteiger partial charge < -0.3 is 19.9 Å². The van der Waals surface area contributed by atoms with Gasteiger partial charge in [-0.15, -0.1) is 11.6 Å². The SMILES string of the molecule is CCN(CC)CCNc1ncnc2c1ncn2[C@H]1C[C@H]2[C@H](CO)[C@@H]1C[C@@H]2Cl. The first-order valence-corrected chi connectivity index (χ1v) is 10.5. The van der Waals surface area contributed by atoms with Crippen molar-refractivity contribution >= 4 is 28.6 Å². The minimum absolute atomic E-state index is 0.185. The molecule has 27 heavy (non-hydrogen) atoms. The third-order valence-electron chi connectivity index (χ3n) is 6.61. The summed E-state index contributed by atoms with van der Waals surface area (Å²) in [5, 5.41) is 13.4. The number of hydrogen-bond acceptors (Lipinski definition) is 6. The Bertz CT molecular complexity index is 779. The van der Waals surface area contributed by atoms with E-state index >= 15 is 0 Å². The maximum absolute atomic E-state index is 9.80. The van der Waals surface area contributed by atoms with Crippen molar-refractivity contribution in [3.63, 3.8) is 0 Å². The Morgan fingerprint density at radius 2 is 2.04 bits per heavy atom. The lowest BCUT2D eigenvalue weighted by atomic mass is 9.94. The van der Waals surface area contributed by atoms with Gasteiger partial charge in [0.15, 0.2) is 11.5 Å². The number of aliphatic hydroxyl groups is 1. The third kappa shape index (κ3) is 3.30. The lowest BCUT2D eigenvalue weighted by Crippen LogP contribution is -2.28. The molecule has 2 bridgehead atoms. The Kier molecular flexibility index (Phi) is 5.53. The van der Waals surface area contributed by atoms with Crippen molar-refractivity contribution in [1.82, 2.24) is 24.4 Å². The van der Waals surface area contributed by atoms with E-state index in [0.29, 0.717) is 23.8 Å². The van der Waals surface area contributed by atoms with E-state index in [2.05, 4.69) is 43.6 Å². The van der Waals surface area contributed by atoms with Crippen LogP contribution in [0.2, 0.25) is 0 Å². The summed E-state index contributed by atoms with van der Waals surface area (Å²) in [6.45, 7) is 8.46. The van der Waals surface area contributed by atoms with Crippen LogP contribution in [0, 0.1) is 17.8 Å². The average Bonchev–Trinajstić information content (AvgIpc) is 3.35. The first kappa shape index (κ1) is 18.9. The van der Waals surface area contributed by atoms with Gasteiger partial charge >= 0.3 is 0 Å². The van der Waals surface area contributed by atoms with Gasteiger partial charge in [-0.3, -0.25) is 0 Å². The van der Waals surface area contributed by atoms with E-state index < -0.39 is 0 Å². The number of imidazole rings is 1. The summed E-state index contributed by atoms with van der Waals surface area (Å²) < 4.78 is 2.18. The van der Waals surface area contributed by atoms with Crippen molar-refractivity contribution in [2.45, 2.75) is 38.1 Å². The Hall–Kier alpha value is -1.44. The summed E-state index contributed by atoms with van der Waals surface area (Å²) >= 11 is 6.48. The predicted molar refractivity (Wildman–Crippen MR) is 107 cm³/mol. The zero-order valence-electron chi connectivity index (χ0n) is 16.1. The second-order valence-electron chi connectivity index (χ2n) is 7.73. The molecule has 0 saturated heterocycles. The van der Waals surface area contributed by atoms with Crippen LogP contribution in [0.5, 0.6) is 0 Å². The molecule has 0 unspecified atom stereocenters. The van der Waals surface area contributed by atoms with E-state index in [1.54, 1.807) is 6.33 Å². The van der Waals surface area contributed by atoms with E-state index in [9.17, 15) is 5.11 Å². The minimum Gasteiger partial charge on any atom is -0.396 e. The fraction of sp³-hybridized carbons (Fsp3) is 0.737. The molecule has 2 fully saturated rings. The number of aliphatic hydroxyl groups excluding tert-OH is 1. The minimum atomic E-state index is 0.185. The van der Waals surface area contributed by atoms with Crippen molar-refractivity contribution < 1.29 is 5.11 Å². The number of hydrogen-bond donors (Lipinski definition) is 2. The normalized spacial score (nSPS) is 29.9. The van der Waals surface area contributed by atoms with Crippen LogP contribution in [-0.4, -0.2) is 67.7 Å². The Balaban J connectivity index is 1.53. The smallest absolute Gasteiger partial charge is 0.165 e. The van der Waals surface area contributed by atoms with E-state index in [1.165, 1.54) is 0 Å². The van der Waals surface area contributed by atoms with E-state index in [1.807, 2.05) is 6.33 Å². The molecule has 0 spiro atoms. The highest BCUT2D eigenvalue weighted by atomic mass is 35.5. The van der Waals surface area contributed by atoms with Crippen LogP contribution in [0.25, 0.3) is 11.2 Å². The quantitative estimate of drug-likeness (QED) is 0.671. The number of rotatable bonds is 8. The maximum Gasteiger partial charge on any atom is 0.165 e. The first-order chi connectivity index (χ1) is 13.2. The molecule has 0 radical (unpaired) electrons. The number of fused-ring (bicyclic) bond motifs is 3. The predicted octanol–water partition coefficient (Wildman–Crippen LogP) is 2.38. The largest absolute Gasteiger partial charge is 0.396 e. The average molecular weight is 393 g/mol. The van der Waals surface area contributed by atoms with Crippen LogP contribution in [0.3, 0.4) is 0 Å². The number of alkyl halides is 1. The molecule has 0 aliphatic heterocycles.